The van der Waals surface area contributed by atoms with Gasteiger partial charge in [0.25, 0.3) is 0 Å². The zero-order valence-corrected chi connectivity index (χ0v) is 14.7. The van der Waals surface area contributed by atoms with Crippen LogP contribution >= 0.6 is 0 Å². The summed E-state index contributed by atoms with van der Waals surface area (Å²) < 4.78 is 18.4. The second kappa shape index (κ2) is 7.11. The third kappa shape index (κ3) is 3.36. The van der Waals surface area contributed by atoms with E-state index in [0.717, 1.165) is 17.0 Å². The molecule has 0 unspecified atom stereocenters. The van der Waals surface area contributed by atoms with E-state index in [2.05, 4.69) is 15.0 Å². The number of carbonyl (C=O) groups is 1. The van der Waals surface area contributed by atoms with Crippen molar-refractivity contribution in [2.45, 2.75) is 13.0 Å². The maximum absolute atomic E-state index is 13.6. The van der Waals surface area contributed by atoms with Crippen LogP contribution in [0.5, 0.6) is 0 Å². The highest BCUT2D eigenvalue weighted by atomic mass is 19.1. The largest absolute Gasteiger partial charge is 0.465 e. The average molecular weight is 364 g/mol. The van der Waals surface area contributed by atoms with Crippen LogP contribution in [0.4, 0.5) is 10.1 Å². The van der Waals surface area contributed by atoms with Crippen molar-refractivity contribution in [3.63, 3.8) is 0 Å². The van der Waals surface area contributed by atoms with Gasteiger partial charge in [0.2, 0.25) is 0 Å². The molecule has 0 spiro atoms. The van der Waals surface area contributed by atoms with E-state index >= 15 is 0 Å². The average Bonchev–Trinajstić information content (AvgIpc) is 2.73. The van der Waals surface area contributed by atoms with Crippen LogP contribution in [0.1, 0.15) is 21.6 Å². The van der Waals surface area contributed by atoms with Gasteiger partial charge in [0.1, 0.15) is 11.5 Å². The third-order valence-electron chi connectivity index (χ3n) is 4.53. The summed E-state index contributed by atoms with van der Waals surface area (Å²) in [6.45, 7) is 1.19. The summed E-state index contributed by atoms with van der Waals surface area (Å²) in [5.41, 5.74) is 3.52. The lowest BCUT2D eigenvalue weighted by Crippen LogP contribution is -2.32. The number of nitrogens with zero attached hydrogens (tertiary/aromatic N) is 4. The van der Waals surface area contributed by atoms with Gasteiger partial charge in [-0.2, -0.15) is 0 Å². The summed E-state index contributed by atoms with van der Waals surface area (Å²) >= 11 is 0. The number of esters is 1. The minimum absolute atomic E-state index is 0.215. The number of pyridine rings is 1. The molecule has 4 rings (SSSR count). The van der Waals surface area contributed by atoms with Gasteiger partial charge >= 0.3 is 5.97 Å². The van der Waals surface area contributed by atoms with Crippen molar-refractivity contribution < 1.29 is 13.9 Å². The molecule has 0 saturated carbocycles. The molecule has 0 atom stereocenters. The fourth-order valence-corrected chi connectivity index (χ4v) is 3.20. The van der Waals surface area contributed by atoms with Crippen molar-refractivity contribution in [3.05, 3.63) is 71.4 Å². The normalized spacial score (nSPS) is 13.2. The Morgan fingerprint density at radius 2 is 2.11 bits per heavy atom. The van der Waals surface area contributed by atoms with Gasteiger partial charge < -0.3 is 9.64 Å². The number of rotatable bonds is 3. The van der Waals surface area contributed by atoms with Crippen LogP contribution in [0, 0.1) is 5.82 Å². The number of hydrogen-bond acceptors (Lipinski definition) is 6. The Morgan fingerprint density at radius 3 is 2.89 bits per heavy atom. The monoisotopic (exact) mass is 364 g/mol. The predicted octanol–water partition coefficient (Wildman–Crippen LogP) is 3.03. The van der Waals surface area contributed by atoms with E-state index in [4.69, 9.17) is 4.74 Å². The Balaban J connectivity index is 1.64. The first kappa shape index (κ1) is 17.1. The number of anilines is 1. The number of hydrogen-bond donors (Lipinski definition) is 0. The summed E-state index contributed by atoms with van der Waals surface area (Å²) in [4.78, 5) is 27.4. The lowest BCUT2D eigenvalue weighted by Gasteiger charge is -2.31. The SMILES string of the molecule is COC(=O)c1cc(F)ccc1N1CCc2nc(-c3ccccn3)ncc2C1. The molecule has 136 valence electrons. The smallest absolute Gasteiger partial charge is 0.340 e. The molecule has 2 aromatic heterocycles. The van der Waals surface area contributed by atoms with Crippen molar-refractivity contribution in [3.8, 4) is 11.5 Å². The number of benzene rings is 1. The Morgan fingerprint density at radius 1 is 1.22 bits per heavy atom. The standard InChI is InChI=1S/C20H17FN4O2/c1-27-20(26)15-10-14(21)5-6-18(15)25-9-7-16-13(12-25)11-23-19(24-16)17-4-2-3-8-22-17/h2-6,8,10-11H,7,9,12H2,1H3. The van der Waals surface area contributed by atoms with Crippen LogP contribution < -0.4 is 4.90 Å². The molecule has 0 aliphatic carbocycles. The van der Waals surface area contributed by atoms with E-state index in [9.17, 15) is 9.18 Å². The van der Waals surface area contributed by atoms with Crippen LogP contribution in [0.25, 0.3) is 11.5 Å². The highest BCUT2D eigenvalue weighted by molar-refractivity contribution is 5.95. The summed E-state index contributed by atoms with van der Waals surface area (Å²) in [5, 5.41) is 0. The van der Waals surface area contributed by atoms with E-state index in [1.807, 2.05) is 23.1 Å². The topological polar surface area (TPSA) is 68.2 Å². The van der Waals surface area contributed by atoms with E-state index in [-0.39, 0.29) is 5.56 Å². The first-order valence-electron chi connectivity index (χ1n) is 8.54. The molecule has 6 nitrogen and oxygen atoms in total. The highest BCUT2D eigenvalue weighted by Gasteiger charge is 2.23. The number of ether oxygens (including phenoxy) is 1. The Bertz CT molecular complexity index is 995. The number of carbonyl (C=O) groups excluding carboxylic acids is 1. The van der Waals surface area contributed by atoms with Crippen molar-refractivity contribution in [2.24, 2.45) is 0 Å². The predicted molar refractivity (Wildman–Crippen MR) is 97.8 cm³/mol. The molecule has 3 heterocycles. The zero-order valence-electron chi connectivity index (χ0n) is 14.7. The van der Waals surface area contributed by atoms with Gasteiger partial charge in [-0.15, -0.1) is 0 Å². The van der Waals surface area contributed by atoms with Crippen LogP contribution in [-0.4, -0.2) is 34.6 Å². The van der Waals surface area contributed by atoms with Gasteiger partial charge in [0.05, 0.1) is 24.1 Å². The second-order valence-electron chi connectivity index (χ2n) is 6.21. The van der Waals surface area contributed by atoms with Crippen molar-refractivity contribution in [1.82, 2.24) is 15.0 Å². The minimum atomic E-state index is -0.558. The molecule has 27 heavy (non-hydrogen) atoms. The van der Waals surface area contributed by atoms with Gasteiger partial charge in [0.15, 0.2) is 5.82 Å². The molecular formula is C20H17FN4O2. The first-order valence-corrected chi connectivity index (χ1v) is 8.54. The molecule has 7 heteroatoms. The molecule has 0 fully saturated rings. The van der Waals surface area contributed by atoms with Gasteiger partial charge in [-0.1, -0.05) is 6.07 Å². The van der Waals surface area contributed by atoms with Crippen LogP contribution in [0.3, 0.4) is 0 Å². The highest BCUT2D eigenvalue weighted by Crippen LogP contribution is 2.28. The van der Waals surface area contributed by atoms with Crippen molar-refractivity contribution >= 4 is 11.7 Å². The molecule has 0 bridgehead atoms. The molecule has 3 aromatic rings. The van der Waals surface area contributed by atoms with Crippen LogP contribution in [0.2, 0.25) is 0 Å². The Kier molecular flexibility index (Phi) is 4.50. The summed E-state index contributed by atoms with van der Waals surface area (Å²) in [6, 6.07) is 9.78. The fourth-order valence-electron chi connectivity index (χ4n) is 3.20. The number of methoxy groups -OCH3 is 1. The number of aromatic nitrogens is 3. The fraction of sp³-hybridized carbons (Fsp3) is 0.200. The van der Waals surface area contributed by atoms with Gasteiger partial charge in [-0.3, -0.25) is 4.98 Å². The van der Waals surface area contributed by atoms with E-state index in [0.29, 0.717) is 31.0 Å². The molecular weight excluding hydrogens is 347 g/mol. The maximum atomic E-state index is 13.6. The number of halogens is 1. The first-order chi connectivity index (χ1) is 13.2. The summed E-state index contributed by atoms with van der Waals surface area (Å²) in [6.07, 6.45) is 4.19. The van der Waals surface area contributed by atoms with Gasteiger partial charge in [-0.25, -0.2) is 19.2 Å². The third-order valence-corrected chi connectivity index (χ3v) is 4.53. The summed E-state index contributed by atoms with van der Waals surface area (Å²) in [7, 11) is 1.29. The Hall–Kier alpha value is -3.35. The quantitative estimate of drug-likeness (QED) is 0.666. The maximum Gasteiger partial charge on any atom is 0.340 e. The lowest BCUT2D eigenvalue weighted by atomic mass is 10.0. The lowest BCUT2D eigenvalue weighted by molar-refractivity contribution is 0.0601. The molecule has 1 aliphatic heterocycles. The molecule has 1 aromatic carbocycles. The minimum Gasteiger partial charge on any atom is -0.465 e. The van der Waals surface area contributed by atoms with Crippen LogP contribution in [-0.2, 0) is 17.7 Å². The van der Waals surface area contributed by atoms with E-state index < -0.39 is 11.8 Å². The summed E-state index contributed by atoms with van der Waals surface area (Å²) in [5.74, 6) is -0.434. The van der Waals surface area contributed by atoms with Crippen molar-refractivity contribution in [2.75, 3.05) is 18.6 Å². The molecule has 0 N–H and O–H groups in total. The zero-order chi connectivity index (χ0) is 18.8. The van der Waals surface area contributed by atoms with Crippen molar-refractivity contribution in [1.29, 1.82) is 0 Å². The van der Waals surface area contributed by atoms with E-state index in [1.54, 1.807) is 18.5 Å². The van der Waals surface area contributed by atoms with Crippen LogP contribution in [0.15, 0.2) is 48.8 Å². The van der Waals surface area contributed by atoms with Gasteiger partial charge in [0, 0.05) is 37.5 Å². The van der Waals surface area contributed by atoms with Gasteiger partial charge in [-0.05, 0) is 30.3 Å². The molecule has 0 amide bonds. The molecule has 0 radical (unpaired) electrons. The molecule has 1 aliphatic rings. The molecule has 0 saturated heterocycles. The second-order valence-corrected chi connectivity index (χ2v) is 6.21. The van der Waals surface area contributed by atoms with E-state index in [1.165, 1.54) is 19.2 Å². The number of fused-ring (bicyclic) bond motifs is 1. The Labute approximate surface area is 155 Å².